The van der Waals surface area contributed by atoms with Crippen LogP contribution in [0.4, 0.5) is 0 Å². The van der Waals surface area contributed by atoms with E-state index in [1.54, 1.807) is 18.2 Å². The number of nitrogens with one attached hydrogen (secondary N) is 2. The van der Waals surface area contributed by atoms with Crippen molar-refractivity contribution in [2.75, 3.05) is 0 Å². The molecule has 0 bridgehead atoms. The van der Waals surface area contributed by atoms with Crippen LogP contribution in [0.1, 0.15) is 43.5 Å². The van der Waals surface area contributed by atoms with Crippen molar-refractivity contribution in [1.29, 1.82) is 0 Å². The van der Waals surface area contributed by atoms with Crippen molar-refractivity contribution in [1.82, 2.24) is 10.6 Å². The molecule has 0 aliphatic carbocycles. The summed E-state index contributed by atoms with van der Waals surface area (Å²) >= 11 is 1.50. The van der Waals surface area contributed by atoms with Gasteiger partial charge in [0, 0.05) is 10.4 Å². The smallest absolute Gasteiger partial charge is 0.268 e. The van der Waals surface area contributed by atoms with Gasteiger partial charge in [0.05, 0.1) is 6.04 Å². The van der Waals surface area contributed by atoms with Gasteiger partial charge in [-0.1, -0.05) is 78.4 Å². The zero-order chi connectivity index (χ0) is 23.9. The molecule has 0 radical (unpaired) electrons. The zero-order valence-electron chi connectivity index (χ0n) is 19.1. The highest BCUT2D eigenvalue weighted by molar-refractivity contribution is 7.10. The molecule has 4 nitrogen and oxygen atoms in total. The van der Waals surface area contributed by atoms with Crippen LogP contribution < -0.4 is 10.6 Å². The van der Waals surface area contributed by atoms with Crippen LogP contribution in [-0.4, -0.2) is 11.8 Å². The molecule has 0 unspecified atom stereocenters. The van der Waals surface area contributed by atoms with Gasteiger partial charge in [-0.3, -0.25) is 9.59 Å². The predicted octanol–water partition coefficient (Wildman–Crippen LogP) is 6.04. The fraction of sp³-hybridized carbons (Fsp3) is 0.103. The van der Waals surface area contributed by atoms with Gasteiger partial charge >= 0.3 is 0 Å². The molecule has 170 valence electrons. The summed E-state index contributed by atoms with van der Waals surface area (Å²) in [6, 6.07) is 28.5. The molecule has 34 heavy (non-hydrogen) atoms. The quantitative estimate of drug-likeness (QED) is 0.326. The van der Waals surface area contributed by atoms with Gasteiger partial charge in [-0.25, -0.2) is 0 Å². The van der Waals surface area contributed by atoms with Gasteiger partial charge < -0.3 is 10.6 Å². The molecule has 4 aromatic rings. The third kappa shape index (κ3) is 5.69. The Kier molecular flexibility index (Phi) is 7.35. The third-order valence-corrected chi connectivity index (χ3v) is 6.36. The highest BCUT2D eigenvalue weighted by atomic mass is 32.1. The molecule has 2 N–H and O–H groups in total. The average Bonchev–Trinajstić information content (AvgIpc) is 3.37. The van der Waals surface area contributed by atoms with E-state index in [0.717, 1.165) is 27.1 Å². The SMILES string of the molecule is Cc1ccc(C(=O)N/C(=C\c2cccs2)C(=O)N[C@H](c2ccccc2)c2ccccc2C)cc1. The van der Waals surface area contributed by atoms with E-state index in [0.29, 0.717) is 5.56 Å². The van der Waals surface area contributed by atoms with Crippen LogP contribution in [0.25, 0.3) is 6.08 Å². The lowest BCUT2D eigenvalue weighted by Crippen LogP contribution is -2.37. The molecule has 0 saturated heterocycles. The Morgan fingerprint density at radius 3 is 2.21 bits per heavy atom. The van der Waals surface area contributed by atoms with Gasteiger partial charge in [0.2, 0.25) is 0 Å². The van der Waals surface area contributed by atoms with Gasteiger partial charge in [0.25, 0.3) is 11.8 Å². The van der Waals surface area contributed by atoms with Gasteiger partial charge in [0.1, 0.15) is 5.70 Å². The van der Waals surface area contributed by atoms with Crippen LogP contribution in [-0.2, 0) is 4.79 Å². The van der Waals surface area contributed by atoms with Gasteiger partial charge in [-0.2, -0.15) is 0 Å². The standard InChI is InChI=1S/C29H26N2O2S/c1-20-14-16-23(17-15-20)28(32)30-26(19-24-12-8-18-34-24)29(33)31-27(22-10-4-3-5-11-22)25-13-7-6-9-21(25)2/h3-19,27H,1-2H3,(H,30,32)(H,31,33)/b26-19-/t27-/m1/s1. The lowest BCUT2D eigenvalue weighted by molar-refractivity contribution is -0.118. The molecule has 0 aliphatic rings. The van der Waals surface area contributed by atoms with Crippen molar-refractivity contribution >= 4 is 29.2 Å². The van der Waals surface area contributed by atoms with Crippen LogP contribution in [0.2, 0.25) is 0 Å². The monoisotopic (exact) mass is 466 g/mol. The van der Waals surface area contributed by atoms with E-state index in [4.69, 9.17) is 0 Å². The number of hydrogen-bond acceptors (Lipinski definition) is 3. The molecule has 0 spiro atoms. The summed E-state index contributed by atoms with van der Waals surface area (Å²) in [5.74, 6) is -0.684. The second kappa shape index (κ2) is 10.8. The summed E-state index contributed by atoms with van der Waals surface area (Å²) in [5.41, 5.74) is 4.79. The Bertz CT molecular complexity index is 1290. The van der Waals surface area contributed by atoms with E-state index in [-0.39, 0.29) is 23.6 Å². The van der Waals surface area contributed by atoms with E-state index in [1.807, 2.05) is 98.1 Å². The lowest BCUT2D eigenvalue weighted by atomic mass is 9.95. The fourth-order valence-corrected chi connectivity index (χ4v) is 4.34. The second-order valence-electron chi connectivity index (χ2n) is 8.07. The first-order chi connectivity index (χ1) is 16.5. The molecule has 0 aliphatic heterocycles. The number of benzene rings is 3. The Labute approximate surface area is 204 Å². The van der Waals surface area contributed by atoms with Crippen LogP contribution in [0, 0.1) is 13.8 Å². The molecule has 1 aromatic heterocycles. The molecule has 1 atom stereocenters. The third-order valence-electron chi connectivity index (χ3n) is 5.54. The van der Waals surface area contributed by atoms with E-state index >= 15 is 0 Å². The highest BCUT2D eigenvalue weighted by Crippen LogP contribution is 2.25. The number of aryl methyl sites for hydroxylation is 2. The van der Waals surface area contributed by atoms with E-state index in [9.17, 15) is 9.59 Å². The molecular weight excluding hydrogens is 440 g/mol. The van der Waals surface area contributed by atoms with Gasteiger partial charge in [-0.15, -0.1) is 11.3 Å². The minimum absolute atomic E-state index is 0.197. The molecule has 0 saturated carbocycles. The molecule has 4 rings (SSSR count). The van der Waals surface area contributed by atoms with E-state index in [2.05, 4.69) is 10.6 Å². The summed E-state index contributed by atoms with van der Waals surface area (Å²) < 4.78 is 0. The number of carbonyl (C=O) groups excluding carboxylic acids is 2. The highest BCUT2D eigenvalue weighted by Gasteiger charge is 2.22. The van der Waals surface area contributed by atoms with E-state index in [1.165, 1.54) is 11.3 Å². The average molecular weight is 467 g/mol. The Hall–Kier alpha value is -3.96. The predicted molar refractivity (Wildman–Crippen MR) is 139 cm³/mol. The fourth-order valence-electron chi connectivity index (χ4n) is 3.68. The van der Waals surface area contributed by atoms with Crippen molar-refractivity contribution in [2.24, 2.45) is 0 Å². The Balaban J connectivity index is 1.66. The van der Waals surface area contributed by atoms with Crippen molar-refractivity contribution in [3.05, 3.63) is 135 Å². The van der Waals surface area contributed by atoms with Crippen molar-refractivity contribution in [3.8, 4) is 0 Å². The number of carbonyl (C=O) groups is 2. The minimum atomic E-state index is -0.363. The summed E-state index contributed by atoms with van der Waals surface area (Å²) in [6.45, 7) is 3.99. The minimum Gasteiger partial charge on any atom is -0.340 e. The summed E-state index contributed by atoms with van der Waals surface area (Å²) in [4.78, 5) is 27.4. The molecule has 0 fully saturated rings. The van der Waals surface area contributed by atoms with Crippen LogP contribution >= 0.6 is 11.3 Å². The molecule has 5 heteroatoms. The zero-order valence-corrected chi connectivity index (χ0v) is 19.9. The topological polar surface area (TPSA) is 58.2 Å². The van der Waals surface area contributed by atoms with E-state index < -0.39 is 0 Å². The number of thiophene rings is 1. The van der Waals surface area contributed by atoms with Crippen molar-refractivity contribution < 1.29 is 9.59 Å². The van der Waals surface area contributed by atoms with Crippen molar-refractivity contribution in [3.63, 3.8) is 0 Å². The lowest BCUT2D eigenvalue weighted by Gasteiger charge is -2.22. The first kappa shape index (κ1) is 23.2. The Morgan fingerprint density at radius 2 is 1.53 bits per heavy atom. The largest absolute Gasteiger partial charge is 0.340 e. The Morgan fingerprint density at radius 1 is 0.824 bits per heavy atom. The summed E-state index contributed by atoms with van der Waals surface area (Å²) in [5, 5.41) is 7.92. The van der Waals surface area contributed by atoms with Gasteiger partial charge in [-0.05, 0) is 60.2 Å². The molecule has 3 aromatic carbocycles. The molecule has 1 heterocycles. The molecule has 2 amide bonds. The summed E-state index contributed by atoms with van der Waals surface area (Å²) in [7, 11) is 0. The number of amides is 2. The first-order valence-electron chi connectivity index (χ1n) is 11.1. The number of hydrogen-bond donors (Lipinski definition) is 2. The van der Waals surface area contributed by atoms with Crippen molar-refractivity contribution in [2.45, 2.75) is 19.9 Å². The second-order valence-corrected chi connectivity index (χ2v) is 9.05. The maximum Gasteiger partial charge on any atom is 0.268 e. The summed E-state index contributed by atoms with van der Waals surface area (Å²) in [6.07, 6.45) is 1.71. The van der Waals surface area contributed by atoms with Gasteiger partial charge in [0.15, 0.2) is 0 Å². The van der Waals surface area contributed by atoms with Crippen LogP contribution in [0.5, 0.6) is 0 Å². The number of rotatable bonds is 7. The molecular formula is C29H26N2O2S. The first-order valence-corrected chi connectivity index (χ1v) is 11.9. The maximum atomic E-state index is 13.6. The maximum absolute atomic E-state index is 13.6. The normalized spacial score (nSPS) is 12.1. The van der Waals surface area contributed by atoms with Crippen LogP contribution in [0.3, 0.4) is 0 Å². The van der Waals surface area contributed by atoms with Crippen LogP contribution in [0.15, 0.2) is 102 Å².